The summed E-state index contributed by atoms with van der Waals surface area (Å²) in [5.41, 5.74) is 0.898. The predicted octanol–water partition coefficient (Wildman–Crippen LogP) is 3.03. The Kier molecular flexibility index (Phi) is 5.41. The zero-order chi connectivity index (χ0) is 15.5. The fraction of sp³-hybridized carbons (Fsp3) is 0.625. The summed E-state index contributed by atoms with van der Waals surface area (Å²) >= 11 is 0. The third-order valence-corrected chi connectivity index (χ3v) is 5.60. The molecule has 1 fully saturated rings. The topological polar surface area (TPSA) is 46.6 Å². The Morgan fingerprint density at radius 3 is 2.81 bits per heavy atom. The Morgan fingerprint density at radius 2 is 2.14 bits per heavy atom. The zero-order valence-corrected chi connectivity index (χ0v) is 13.9. The van der Waals surface area contributed by atoms with Crippen molar-refractivity contribution < 1.29 is 13.2 Å². The van der Waals surface area contributed by atoms with Gasteiger partial charge in [0, 0.05) is 13.1 Å². The van der Waals surface area contributed by atoms with E-state index in [-0.39, 0.29) is 6.10 Å². The second-order valence-electron chi connectivity index (χ2n) is 6.12. The minimum absolute atomic E-state index is 0.133. The molecule has 1 aliphatic heterocycles. The number of rotatable bonds is 5. The molecule has 0 aromatic heterocycles. The summed E-state index contributed by atoms with van der Waals surface area (Å²) in [6.45, 7) is 7.73. The van der Waals surface area contributed by atoms with Crippen molar-refractivity contribution >= 4 is 10.0 Å². The molecule has 2 rings (SSSR count). The molecule has 118 valence electrons. The zero-order valence-electron chi connectivity index (χ0n) is 13.1. The lowest BCUT2D eigenvalue weighted by Crippen LogP contribution is -2.39. The summed E-state index contributed by atoms with van der Waals surface area (Å²) < 4.78 is 32.6. The maximum absolute atomic E-state index is 12.7. The van der Waals surface area contributed by atoms with Gasteiger partial charge in [0.15, 0.2) is 0 Å². The second kappa shape index (κ2) is 6.90. The number of nitrogens with zero attached hydrogens (tertiary/aromatic N) is 1. The lowest BCUT2D eigenvalue weighted by Gasteiger charge is -2.30. The standard InChI is InChI=1S/C16H25NO3S/c1-13(2)20-12-15-7-4-8-16(10-15)21(18,19)17-9-5-6-14(3)11-17/h4,7-8,10,13-14H,5-6,9,11-12H2,1-3H3/t14-/m1/s1. The van der Waals surface area contributed by atoms with Gasteiger partial charge in [0.25, 0.3) is 0 Å². The molecule has 0 amide bonds. The molecule has 4 nitrogen and oxygen atoms in total. The Morgan fingerprint density at radius 1 is 1.38 bits per heavy atom. The van der Waals surface area contributed by atoms with E-state index >= 15 is 0 Å². The Labute approximate surface area is 128 Å². The highest BCUT2D eigenvalue weighted by Gasteiger charge is 2.28. The first-order valence-corrected chi connectivity index (χ1v) is 9.04. The number of sulfonamides is 1. The van der Waals surface area contributed by atoms with E-state index in [1.165, 1.54) is 0 Å². The molecule has 5 heteroatoms. The fourth-order valence-electron chi connectivity index (χ4n) is 2.57. The van der Waals surface area contributed by atoms with Crippen molar-refractivity contribution in [1.82, 2.24) is 4.31 Å². The third-order valence-electron chi connectivity index (χ3n) is 3.74. The first-order valence-electron chi connectivity index (χ1n) is 7.60. The SMILES string of the molecule is CC(C)OCc1cccc(S(=O)(=O)N2CCC[C@@H](C)C2)c1. The van der Waals surface area contributed by atoms with Crippen LogP contribution in [-0.4, -0.2) is 31.9 Å². The van der Waals surface area contributed by atoms with Crippen LogP contribution in [0.4, 0.5) is 0 Å². The quantitative estimate of drug-likeness (QED) is 0.839. The van der Waals surface area contributed by atoms with Gasteiger partial charge in [-0.25, -0.2) is 8.42 Å². The number of piperidine rings is 1. The largest absolute Gasteiger partial charge is 0.374 e. The van der Waals surface area contributed by atoms with Crippen molar-refractivity contribution in [2.45, 2.75) is 51.2 Å². The molecule has 0 spiro atoms. The first kappa shape index (κ1) is 16.5. The highest BCUT2D eigenvalue weighted by Crippen LogP contribution is 2.24. The summed E-state index contributed by atoms with van der Waals surface area (Å²) in [4.78, 5) is 0.376. The number of hydrogen-bond donors (Lipinski definition) is 0. The van der Waals surface area contributed by atoms with Gasteiger partial charge in [0.2, 0.25) is 10.0 Å². The fourth-order valence-corrected chi connectivity index (χ4v) is 4.24. The summed E-state index contributed by atoms with van der Waals surface area (Å²) in [6.07, 6.45) is 2.18. The summed E-state index contributed by atoms with van der Waals surface area (Å²) in [6, 6.07) is 7.10. The van der Waals surface area contributed by atoms with Crippen LogP contribution in [0.1, 0.15) is 39.2 Å². The van der Waals surface area contributed by atoms with Gasteiger partial charge in [-0.05, 0) is 50.3 Å². The van der Waals surface area contributed by atoms with Crippen LogP contribution in [0.25, 0.3) is 0 Å². The molecular weight excluding hydrogens is 286 g/mol. The van der Waals surface area contributed by atoms with Crippen molar-refractivity contribution in [2.24, 2.45) is 5.92 Å². The van der Waals surface area contributed by atoms with Crippen LogP contribution in [0.2, 0.25) is 0 Å². The molecule has 1 saturated heterocycles. The van der Waals surface area contributed by atoms with Gasteiger partial charge < -0.3 is 4.74 Å². The minimum Gasteiger partial charge on any atom is -0.374 e. The van der Waals surface area contributed by atoms with Crippen molar-refractivity contribution in [3.05, 3.63) is 29.8 Å². The summed E-state index contributed by atoms with van der Waals surface area (Å²) in [5.74, 6) is 0.431. The highest BCUT2D eigenvalue weighted by atomic mass is 32.2. The maximum atomic E-state index is 12.7. The van der Waals surface area contributed by atoms with E-state index in [0.717, 1.165) is 18.4 Å². The molecule has 1 aliphatic rings. The van der Waals surface area contributed by atoms with Crippen molar-refractivity contribution in [2.75, 3.05) is 13.1 Å². The van der Waals surface area contributed by atoms with E-state index in [4.69, 9.17) is 4.74 Å². The average molecular weight is 311 g/mol. The van der Waals surface area contributed by atoms with Crippen molar-refractivity contribution in [1.29, 1.82) is 0 Å². The van der Waals surface area contributed by atoms with E-state index in [9.17, 15) is 8.42 Å². The monoisotopic (exact) mass is 311 g/mol. The minimum atomic E-state index is -3.38. The highest BCUT2D eigenvalue weighted by molar-refractivity contribution is 7.89. The lowest BCUT2D eigenvalue weighted by atomic mass is 10.0. The molecule has 1 aromatic carbocycles. The molecule has 0 saturated carbocycles. The summed E-state index contributed by atoms with van der Waals surface area (Å²) in [5, 5.41) is 0. The predicted molar refractivity (Wildman–Crippen MR) is 83.5 cm³/mol. The van der Waals surface area contributed by atoms with Gasteiger partial charge in [-0.2, -0.15) is 4.31 Å². The second-order valence-corrected chi connectivity index (χ2v) is 8.06. The molecular formula is C16H25NO3S. The Balaban J connectivity index is 2.17. The van der Waals surface area contributed by atoms with Gasteiger partial charge in [-0.1, -0.05) is 19.1 Å². The van der Waals surface area contributed by atoms with Crippen LogP contribution in [0.5, 0.6) is 0 Å². The van der Waals surface area contributed by atoms with Gasteiger partial charge in [-0.3, -0.25) is 0 Å². The van der Waals surface area contributed by atoms with Crippen LogP contribution in [0, 0.1) is 5.92 Å². The maximum Gasteiger partial charge on any atom is 0.243 e. The van der Waals surface area contributed by atoms with E-state index in [2.05, 4.69) is 6.92 Å². The van der Waals surface area contributed by atoms with Crippen LogP contribution < -0.4 is 0 Å². The Hall–Kier alpha value is -0.910. The third kappa shape index (κ3) is 4.28. The van der Waals surface area contributed by atoms with Crippen molar-refractivity contribution in [3.63, 3.8) is 0 Å². The van der Waals surface area contributed by atoms with Crippen LogP contribution in [0.3, 0.4) is 0 Å². The molecule has 0 bridgehead atoms. The van der Waals surface area contributed by atoms with Gasteiger partial charge in [0.05, 0.1) is 17.6 Å². The van der Waals surface area contributed by atoms with Gasteiger partial charge in [-0.15, -0.1) is 0 Å². The normalized spacial score (nSPS) is 20.9. The lowest BCUT2D eigenvalue weighted by molar-refractivity contribution is 0.0656. The van der Waals surface area contributed by atoms with Crippen LogP contribution in [0.15, 0.2) is 29.2 Å². The first-order chi connectivity index (χ1) is 9.89. The van der Waals surface area contributed by atoms with E-state index in [1.807, 2.05) is 19.9 Å². The molecule has 0 aliphatic carbocycles. The molecule has 21 heavy (non-hydrogen) atoms. The van der Waals surface area contributed by atoms with Crippen molar-refractivity contribution in [3.8, 4) is 0 Å². The van der Waals surface area contributed by atoms with E-state index in [1.54, 1.807) is 22.5 Å². The molecule has 1 aromatic rings. The van der Waals surface area contributed by atoms with Crippen LogP contribution >= 0.6 is 0 Å². The Bertz CT molecular complexity index is 569. The molecule has 0 N–H and O–H groups in total. The van der Waals surface area contributed by atoms with E-state index < -0.39 is 10.0 Å². The molecule has 0 radical (unpaired) electrons. The molecule has 1 atom stereocenters. The number of hydrogen-bond acceptors (Lipinski definition) is 3. The molecule has 1 heterocycles. The van der Waals surface area contributed by atoms with Gasteiger partial charge in [0.1, 0.15) is 0 Å². The van der Waals surface area contributed by atoms with E-state index in [0.29, 0.717) is 30.5 Å². The molecule has 0 unspecified atom stereocenters. The summed E-state index contributed by atoms with van der Waals surface area (Å²) in [7, 11) is -3.38. The number of ether oxygens (including phenoxy) is 1. The smallest absolute Gasteiger partial charge is 0.243 e. The average Bonchev–Trinajstić information content (AvgIpc) is 2.45. The van der Waals surface area contributed by atoms with Gasteiger partial charge >= 0.3 is 0 Å². The number of benzene rings is 1. The van der Waals surface area contributed by atoms with Crippen LogP contribution in [-0.2, 0) is 21.4 Å².